The lowest BCUT2D eigenvalue weighted by molar-refractivity contribution is 0.102. The van der Waals surface area contributed by atoms with Crippen molar-refractivity contribution < 1.29 is 17.9 Å². The van der Waals surface area contributed by atoms with Gasteiger partial charge in [-0.15, -0.1) is 0 Å². The Kier molecular flexibility index (Phi) is 3.91. The van der Waals surface area contributed by atoms with E-state index in [2.05, 4.69) is 15.4 Å². The quantitative estimate of drug-likeness (QED) is 0.799. The van der Waals surface area contributed by atoms with Crippen LogP contribution in [-0.2, 0) is 17.1 Å². The van der Waals surface area contributed by atoms with E-state index >= 15 is 0 Å². The van der Waals surface area contributed by atoms with Crippen LogP contribution < -0.4 is 15.2 Å². The van der Waals surface area contributed by atoms with Gasteiger partial charge in [0, 0.05) is 19.4 Å². The number of methoxy groups -OCH3 is 1. The summed E-state index contributed by atoms with van der Waals surface area (Å²) in [6.45, 7) is 0. The first kappa shape index (κ1) is 14.9. The number of amides is 1. The van der Waals surface area contributed by atoms with E-state index < -0.39 is 15.9 Å². The number of nitrogens with one attached hydrogen (secondary N) is 1. The zero-order valence-corrected chi connectivity index (χ0v) is 12.1. The number of hydrogen-bond donors (Lipinski definition) is 2. The molecule has 0 saturated heterocycles. The summed E-state index contributed by atoms with van der Waals surface area (Å²) in [5.41, 5.74) is 0.144. The fourth-order valence-corrected chi connectivity index (χ4v) is 2.32. The van der Waals surface area contributed by atoms with Crippen molar-refractivity contribution in [2.45, 2.75) is 4.90 Å². The predicted octanol–water partition coefficient (Wildman–Crippen LogP) is -0.277. The van der Waals surface area contributed by atoms with Gasteiger partial charge in [0.2, 0.25) is 15.9 Å². The van der Waals surface area contributed by atoms with Crippen LogP contribution in [0.25, 0.3) is 0 Å². The maximum absolute atomic E-state index is 12.2. The lowest BCUT2D eigenvalue weighted by Crippen LogP contribution is -2.18. The zero-order chi connectivity index (χ0) is 15.6. The van der Waals surface area contributed by atoms with Gasteiger partial charge in [-0.25, -0.2) is 18.5 Å². The molecule has 2 aromatic heterocycles. The summed E-state index contributed by atoms with van der Waals surface area (Å²) in [7, 11) is -1.12. The number of carbonyl (C=O) groups excluding carboxylic acids is 1. The van der Waals surface area contributed by atoms with Crippen molar-refractivity contribution in [1.82, 2.24) is 14.8 Å². The average Bonchev–Trinajstić information content (AvgIpc) is 2.79. The first-order valence-corrected chi connectivity index (χ1v) is 7.24. The molecule has 0 bridgehead atoms. The maximum Gasteiger partial charge on any atom is 0.262 e. The molecule has 0 unspecified atom stereocenters. The Morgan fingerprint density at radius 3 is 2.81 bits per heavy atom. The SMILES string of the molecule is COc1ncccc1C(=O)Nc1nn(C)cc1S(N)(=O)=O. The van der Waals surface area contributed by atoms with E-state index in [1.165, 1.54) is 37.3 Å². The van der Waals surface area contributed by atoms with Gasteiger partial charge in [-0.3, -0.25) is 9.48 Å². The number of pyridine rings is 1. The summed E-state index contributed by atoms with van der Waals surface area (Å²) in [6.07, 6.45) is 2.66. The Hall–Kier alpha value is -2.46. The van der Waals surface area contributed by atoms with E-state index in [0.29, 0.717) is 0 Å². The number of ether oxygens (including phenoxy) is 1. The number of nitrogens with zero attached hydrogens (tertiary/aromatic N) is 3. The molecule has 0 aliphatic rings. The first-order chi connectivity index (χ1) is 9.82. The van der Waals surface area contributed by atoms with Crippen molar-refractivity contribution in [3.63, 3.8) is 0 Å². The minimum Gasteiger partial charge on any atom is -0.480 e. The molecule has 0 fully saturated rings. The minimum atomic E-state index is -4.00. The van der Waals surface area contributed by atoms with Crippen molar-refractivity contribution in [1.29, 1.82) is 0 Å². The van der Waals surface area contributed by atoms with Crippen molar-refractivity contribution >= 4 is 21.7 Å². The van der Waals surface area contributed by atoms with Crippen LogP contribution in [0.3, 0.4) is 0 Å². The molecule has 0 atom stereocenters. The van der Waals surface area contributed by atoms with Gasteiger partial charge in [0.05, 0.1) is 7.11 Å². The van der Waals surface area contributed by atoms with Crippen LogP contribution >= 0.6 is 0 Å². The number of nitrogens with two attached hydrogens (primary N) is 1. The average molecular weight is 311 g/mol. The largest absolute Gasteiger partial charge is 0.480 e. The standard InChI is InChI=1S/C11H13N5O4S/c1-16-6-8(21(12,18)19)9(15-16)14-10(17)7-4-3-5-13-11(7)20-2/h3-6H,1-2H3,(H2,12,18,19)(H,14,15,17). The molecular formula is C11H13N5O4S. The van der Waals surface area contributed by atoms with E-state index in [1.54, 1.807) is 6.07 Å². The lowest BCUT2D eigenvalue weighted by atomic mass is 10.2. The molecule has 10 heteroatoms. The summed E-state index contributed by atoms with van der Waals surface area (Å²) in [5.74, 6) is -0.650. The molecule has 1 amide bonds. The van der Waals surface area contributed by atoms with Crippen molar-refractivity contribution in [2.24, 2.45) is 12.2 Å². The number of carbonyl (C=O) groups is 1. The number of rotatable bonds is 4. The molecule has 112 valence electrons. The summed E-state index contributed by atoms with van der Waals surface area (Å²) in [5, 5.41) is 11.3. The maximum atomic E-state index is 12.2. The van der Waals surface area contributed by atoms with Gasteiger partial charge in [-0.1, -0.05) is 0 Å². The van der Waals surface area contributed by atoms with E-state index in [-0.39, 0.29) is 22.2 Å². The lowest BCUT2D eigenvalue weighted by Gasteiger charge is -2.07. The fraction of sp³-hybridized carbons (Fsp3) is 0.182. The van der Waals surface area contributed by atoms with Gasteiger partial charge in [-0.05, 0) is 12.1 Å². The van der Waals surface area contributed by atoms with E-state index in [0.717, 1.165) is 0 Å². The van der Waals surface area contributed by atoms with Gasteiger partial charge < -0.3 is 10.1 Å². The Bertz CT molecular complexity index is 784. The second-order valence-corrected chi connectivity index (χ2v) is 5.60. The highest BCUT2D eigenvalue weighted by Gasteiger charge is 2.22. The van der Waals surface area contributed by atoms with Crippen LogP contribution in [0.4, 0.5) is 5.82 Å². The van der Waals surface area contributed by atoms with Gasteiger partial charge in [0.25, 0.3) is 5.91 Å². The summed E-state index contributed by atoms with van der Waals surface area (Å²) < 4.78 is 29.1. The molecule has 9 nitrogen and oxygen atoms in total. The molecule has 0 spiro atoms. The van der Waals surface area contributed by atoms with Crippen molar-refractivity contribution in [2.75, 3.05) is 12.4 Å². The molecule has 0 aliphatic carbocycles. The highest BCUT2D eigenvalue weighted by molar-refractivity contribution is 7.89. The fourth-order valence-electron chi connectivity index (χ4n) is 1.66. The van der Waals surface area contributed by atoms with Crippen LogP contribution in [0.5, 0.6) is 5.88 Å². The van der Waals surface area contributed by atoms with Gasteiger partial charge in [0.15, 0.2) is 5.82 Å². The third-order valence-electron chi connectivity index (χ3n) is 2.54. The van der Waals surface area contributed by atoms with Crippen molar-refractivity contribution in [3.05, 3.63) is 30.1 Å². The highest BCUT2D eigenvalue weighted by Crippen LogP contribution is 2.20. The topological polar surface area (TPSA) is 129 Å². The third kappa shape index (κ3) is 3.17. The molecule has 2 heterocycles. The van der Waals surface area contributed by atoms with Gasteiger partial charge in [-0.2, -0.15) is 5.10 Å². The Balaban J connectivity index is 2.37. The van der Waals surface area contributed by atoms with Crippen LogP contribution in [0.1, 0.15) is 10.4 Å². The molecule has 2 rings (SSSR count). The number of sulfonamides is 1. The van der Waals surface area contributed by atoms with Crippen molar-refractivity contribution in [3.8, 4) is 5.88 Å². The summed E-state index contributed by atoms with van der Waals surface area (Å²) in [6, 6.07) is 3.04. The molecule has 0 radical (unpaired) electrons. The molecule has 0 aromatic carbocycles. The van der Waals surface area contributed by atoms with Gasteiger partial charge >= 0.3 is 0 Å². The molecule has 0 saturated carbocycles. The second-order valence-electron chi connectivity index (χ2n) is 4.07. The smallest absolute Gasteiger partial charge is 0.262 e. The first-order valence-electron chi connectivity index (χ1n) is 5.69. The number of primary sulfonamides is 1. The van der Waals surface area contributed by atoms with E-state index in [9.17, 15) is 13.2 Å². The molecule has 2 aromatic rings. The van der Waals surface area contributed by atoms with Crippen LogP contribution in [0.2, 0.25) is 0 Å². The monoisotopic (exact) mass is 311 g/mol. The number of aryl methyl sites for hydroxylation is 1. The number of anilines is 1. The Morgan fingerprint density at radius 1 is 1.48 bits per heavy atom. The zero-order valence-electron chi connectivity index (χ0n) is 11.3. The predicted molar refractivity (Wildman–Crippen MR) is 73.3 cm³/mol. The van der Waals surface area contributed by atoms with E-state index in [1.807, 2.05) is 0 Å². The number of aromatic nitrogens is 3. The summed E-state index contributed by atoms with van der Waals surface area (Å²) >= 11 is 0. The minimum absolute atomic E-state index is 0.114. The molecular weight excluding hydrogens is 298 g/mol. The van der Waals surface area contributed by atoms with Gasteiger partial charge in [0.1, 0.15) is 10.5 Å². The number of hydrogen-bond acceptors (Lipinski definition) is 6. The normalized spacial score (nSPS) is 11.2. The van der Waals surface area contributed by atoms with Crippen LogP contribution in [0, 0.1) is 0 Å². The van der Waals surface area contributed by atoms with Crippen LogP contribution in [0.15, 0.2) is 29.4 Å². The molecule has 3 N–H and O–H groups in total. The Morgan fingerprint density at radius 2 is 2.19 bits per heavy atom. The molecule has 21 heavy (non-hydrogen) atoms. The Labute approximate surface area is 120 Å². The van der Waals surface area contributed by atoms with E-state index in [4.69, 9.17) is 9.88 Å². The molecule has 0 aliphatic heterocycles. The third-order valence-corrected chi connectivity index (χ3v) is 3.45. The second kappa shape index (κ2) is 5.50. The highest BCUT2D eigenvalue weighted by atomic mass is 32.2. The van der Waals surface area contributed by atoms with Crippen LogP contribution in [-0.4, -0.2) is 36.2 Å². The summed E-state index contributed by atoms with van der Waals surface area (Å²) in [4.78, 5) is 15.8.